The third kappa shape index (κ3) is 1.46. The summed E-state index contributed by atoms with van der Waals surface area (Å²) in [5, 5.41) is 0. The monoisotopic (exact) mass is 217 g/mol. The van der Waals surface area contributed by atoms with Gasteiger partial charge in [0.2, 0.25) is 0 Å². The third-order valence-electron chi connectivity index (χ3n) is 3.05. The number of imidazole rings is 1. The van der Waals surface area contributed by atoms with Crippen molar-refractivity contribution in [2.24, 2.45) is 0 Å². The van der Waals surface area contributed by atoms with Gasteiger partial charge in [-0.1, -0.05) is 0 Å². The van der Waals surface area contributed by atoms with Crippen LogP contribution in [-0.2, 0) is 4.74 Å². The topological polar surface area (TPSA) is 63.9 Å². The van der Waals surface area contributed by atoms with Crippen LogP contribution in [0.15, 0.2) is 12.1 Å². The van der Waals surface area contributed by atoms with Crippen molar-refractivity contribution in [1.29, 1.82) is 0 Å². The maximum atomic E-state index is 5.81. The van der Waals surface area contributed by atoms with Crippen molar-refractivity contribution in [1.82, 2.24) is 9.97 Å². The molecule has 3 rings (SSSR count). The van der Waals surface area contributed by atoms with Gasteiger partial charge < -0.3 is 15.5 Å². The van der Waals surface area contributed by atoms with Gasteiger partial charge in [-0.05, 0) is 37.5 Å². The number of aryl methyl sites for hydroxylation is 1. The van der Waals surface area contributed by atoms with E-state index in [1.807, 2.05) is 19.1 Å². The molecule has 1 aliphatic heterocycles. The number of H-pyrrole nitrogens is 1. The summed E-state index contributed by atoms with van der Waals surface area (Å²) in [6.07, 6.45) is 2.30. The second-order valence-corrected chi connectivity index (χ2v) is 4.36. The standard InChI is InChI=1S/C12H15N3O/c1-7-5-8(13)6-9-11(7)15-12(14-9)10-3-2-4-16-10/h5-6,10H,2-4,13H2,1H3,(H,14,15)/t10-/m0/s1. The molecule has 0 aliphatic carbocycles. The molecular weight excluding hydrogens is 202 g/mol. The Labute approximate surface area is 93.8 Å². The smallest absolute Gasteiger partial charge is 0.136 e. The van der Waals surface area contributed by atoms with E-state index in [0.717, 1.165) is 47.6 Å². The van der Waals surface area contributed by atoms with Gasteiger partial charge in [0, 0.05) is 12.3 Å². The van der Waals surface area contributed by atoms with E-state index in [1.54, 1.807) is 0 Å². The number of anilines is 1. The van der Waals surface area contributed by atoms with Crippen LogP contribution in [0, 0.1) is 6.92 Å². The first-order chi connectivity index (χ1) is 7.74. The number of hydrogen-bond donors (Lipinski definition) is 2. The average molecular weight is 217 g/mol. The molecule has 0 radical (unpaired) electrons. The van der Waals surface area contributed by atoms with Gasteiger partial charge in [0.25, 0.3) is 0 Å². The van der Waals surface area contributed by atoms with Gasteiger partial charge >= 0.3 is 0 Å². The molecule has 1 saturated heterocycles. The zero-order valence-corrected chi connectivity index (χ0v) is 9.29. The molecule has 0 spiro atoms. The summed E-state index contributed by atoms with van der Waals surface area (Å²) in [6, 6.07) is 3.87. The highest BCUT2D eigenvalue weighted by Crippen LogP contribution is 2.29. The zero-order chi connectivity index (χ0) is 11.1. The molecule has 0 unspecified atom stereocenters. The van der Waals surface area contributed by atoms with E-state index in [9.17, 15) is 0 Å². The van der Waals surface area contributed by atoms with Crippen molar-refractivity contribution in [3.8, 4) is 0 Å². The predicted octanol–water partition coefficient (Wildman–Crippen LogP) is 2.31. The van der Waals surface area contributed by atoms with Gasteiger partial charge in [-0.25, -0.2) is 4.98 Å². The highest BCUT2D eigenvalue weighted by atomic mass is 16.5. The van der Waals surface area contributed by atoms with Crippen molar-refractivity contribution in [2.45, 2.75) is 25.9 Å². The Morgan fingerprint density at radius 3 is 3.12 bits per heavy atom. The molecule has 0 bridgehead atoms. The molecule has 4 nitrogen and oxygen atoms in total. The molecule has 1 fully saturated rings. The number of aromatic amines is 1. The van der Waals surface area contributed by atoms with E-state index >= 15 is 0 Å². The van der Waals surface area contributed by atoms with Gasteiger partial charge in [0.05, 0.1) is 11.0 Å². The van der Waals surface area contributed by atoms with Gasteiger partial charge in [-0.3, -0.25) is 0 Å². The van der Waals surface area contributed by atoms with Crippen LogP contribution in [0.5, 0.6) is 0 Å². The van der Waals surface area contributed by atoms with Crippen LogP contribution in [0.2, 0.25) is 0 Å². The number of ether oxygens (including phenoxy) is 1. The molecule has 1 aliphatic rings. The van der Waals surface area contributed by atoms with Crippen LogP contribution >= 0.6 is 0 Å². The summed E-state index contributed by atoms with van der Waals surface area (Å²) < 4.78 is 5.61. The number of benzene rings is 1. The second-order valence-electron chi connectivity index (χ2n) is 4.36. The van der Waals surface area contributed by atoms with Gasteiger partial charge in [-0.15, -0.1) is 0 Å². The lowest BCUT2D eigenvalue weighted by molar-refractivity contribution is 0.106. The van der Waals surface area contributed by atoms with E-state index in [-0.39, 0.29) is 6.10 Å². The Balaban J connectivity index is 2.11. The molecule has 1 aromatic heterocycles. The summed E-state index contributed by atoms with van der Waals surface area (Å²) in [5.74, 6) is 0.932. The SMILES string of the molecule is Cc1cc(N)cc2[nH]c([C@@H]3CCCO3)nc12. The van der Waals surface area contributed by atoms with Crippen molar-refractivity contribution in [3.05, 3.63) is 23.5 Å². The molecule has 4 heteroatoms. The minimum atomic E-state index is 0.132. The van der Waals surface area contributed by atoms with Crippen molar-refractivity contribution < 1.29 is 4.74 Å². The summed E-state index contributed by atoms with van der Waals surface area (Å²) in [5.41, 5.74) is 9.69. The zero-order valence-electron chi connectivity index (χ0n) is 9.29. The molecule has 3 N–H and O–H groups in total. The Morgan fingerprint density at radius 2 is 2.38 bits per heavy atom. The number of nitrogens with one attached hydrogen (secondary N) is 1. The number of hydrogen-bond acceptors (Lipinski definition) is 3. The van der Waals surface area contributed by atoms with Crippen LogP contribution < -0.4 is 5.73 Å². The van der Waals surface area contributed by atoms with Crippen LogP contribution in [0.25, 0.3) is 11.0 Å². The van der Waals surface area contributed by atoms with Crippen molar-refractivity contribution in [3.63, 3.8) is 0 Å². The number of aromatic nitrogens is 2. The average Bonchev–Trinajstić information content (AvgIpc) is 2.82. The Morgan fingerprint density at radius 1 is 1.50 bits per heavy atom. The van der Waals surface area contributed by atoms with Gasteiger partial charge in [0.15, 0.2) is 0 Å². The fraction of sp³-hybridized carbons (Fsp3) is 0.417. The van der Waals surface area contributed by atoms with Crippen LogP contribution in [0.3, 0.4) is 0 Å². The molecule has 0 saturated carbocycles. The Kier molecular flexibility index (Phi) is 2.11. The minimum absolute atomic E-state index is 0.132. The molecule has 2 heterocycles. The molecule has 84 valence electrons. The van der Waals surface area contributed by atoms with E-state index in [2.05, 4.69) is 9.97 Å². The summed E-state index contributed by atoms with van der Waals surface area (Å²) >= 11 is 0. The lowest BCUT2D eigenvalue weighted by Crippen LogP contribution is -1.97. The highest BCUT2D eigenvalue weighted by molar-refractivity contribution is 5.82. The minimum Gasteiger partial charge on any atom is -0.399 e. The lowest BCUT2D eigenvalue weighted by Gasteiger charge is -2.03. The van der Waals surface area contributed by atoms with E-state index in [4.69, 9.17) is 10.5 Å². The van der Waals surface area contributed by atoms with Crippen LogP contribution in [0.1, 0.15) is 30.3 Å². The maximum absolute atomic E-state index is 5.81. The first-order valence-electron chi connectivity index (χ1n) is 5.61. The summed E-state index contributed by atoms with van der Waals surface area (Å²) in [4.78, 5) is 7.90. The number of nitrogen functional groups attached to an aromatic ring is 1. The fourth-order valence-electron chi connectivity index (χ4n) is 2.28. The van der Waals surface area contributed by atoms with Crippen LogP contribution in [-0.4, -0.2) is 16.6 Å². The lowest BCUT2D eigenvalue weighted by atomic mass is 10.2. The normalized spacial score (nSPS) is 20.7. The van der Waals surface area contributed by atoms with Crippen molar-refractivity contribution >= 4 is 16.7 Å². The number of rotatable bonds is 1. The predicted molar refractivity (Wildman–Crippen MR) is 63.2 cm³/mol. The second kappa shape index (κ2) is 3.49. The highest BCUT2D eigenvalue weighted by Gasteiger charge is 2.21. The Bertz CT molecular complexity index is 526. The summed E-state index contributed by atoms with van der Waals surface area (Å²) in [6.45, 7) is 2.86. The fourth-order valence-corrected chi connectivity index (χ4v) is 2.28. The van der Waals surface area contributed by atoms with Gasteiger partial charge in [-0.2, -0.15) is 0 Å². The van der Waals surface area contributed by atoms with Crippen LogP contribution in [0.4, 0.5) is 5.69 Å². The summed E-state index contributed by atoms with van der Waals surface area (Å²) in [7, 11) is 0. The maximum Gasteiger partial charge on any atom is 0.136 e. The molecule has 2 aromatic rings. The largest absolute Gasteiger partial charge is 0.399 e. The molecule has 0 amide bonds. The number of nitrogens with two attached hydrogens (primary N) is 1. The molecule has 1 aromatic carbocycles. The van der Waals surface area contributed by atoms with Crippen molar-refractivity contribution in [2.75, 3.05) is 12.3 Å². The molecule has 16 heavy (non-hydrogen) atoms. The molecular formula is C12H15N3O. The first kappa shape index (κ1) is 9.66. The van der Waals surface area contributed by atoms with E-state index in [1.165, 1.54) is 0 Å². The Hall–Kier alpha value is -1.55. The van der Waals surface area contributed by atoms with E-state index in [0.29, 0.717) is 0 Å². The number of fused-ring (bicyclic) bond motifs is 1. The third-order valence-corrected chi connectivity index (χ3v) is 3.05. The number of nitrogens with zero attached hydrogens (tertiary/aromatic N) is 1. The molecule has 1 atom stereocenters. The quantitative estimate of drug-likeness (QED) is 0.720. The van der Waals surface area contributed by atoms with E-state index < -0.39 is 0 Å². The van der Waals surface area contributed by atoms with Gasteiger partial charge in [0.1, 0.15) is 11.9 Å². The first-order valence-corrected chi connectivity index (χ1v) is 5.61.